The van der Waals surface area contributed by atoms with Crippen LogP contribution < -0.4 is 15.6 Å². The number of carbonyl (C=O) groups excluding carboxylic acids is 1. The molecule has 178 valence electrons. The van der Waals surface area contributed by atoms with Crippen LogP contribution in [0.4, 0.5) is 5.69 Å². The fourth-order valence-electron chi connectivity index (χ4n) is 4.51. The quantitative estimate of drug-likeness (QED) is 0.488. The Bertz CT molecular complexity index is 1290. The van der Waals surface area contributed by atoms with E-state index in [2.05, 4.69) is 5.32 Å². The fraction of sp³-hybridized carbons (Fsp3) is 0.346. The molecule has 1 aliphatic carbocycles. The van der Waals surface area contributed by atoms with Crippen LogP contribution in [0.1, 0.15) is 43.6 Å². The maximum Gasteiger partial charge on any atom is 0.302 e. The molecule has 0 aliphatic heterocycles. The van der Waals surface area contributed by atoms with Gasteiger partial charge in [0.1, 0.15) is 23.4 Å². The number of halogens is 1. The first-order valence-electron chi connectivity index (χ1n) is 11.4. The minimum absolute atomic E-state index is 0.192. The van der Waals surface area contributed by atoms with Crippen LogP contribution in [0.5, 0.6) is 5.75 Å². The lowest BCUT2D eigenvalue weighted by Crippen LogP contribution is -2.32. The summed E-state index contributed by atoms with van der Waals surface area (Å²) >= 11 is 6.52. The van der Waals surface area contributed by atoms with Gasteiger partial charge in [-0.05, 0) is 42.7 Å². The van der Waals surface area contributed by atoms with Crippen LogP contribution in [0.15, 0.2) is 47.3 Å². The summed E-state index contributed by atoms with van der Waals surface area (Å²) in [4.78, 5) is 30.4. The molecule has 0 fully saturated rings. The number of benzene rings is 2. The molecule has 7 nitrogen and oxygen atoms in total. The lowest BCUT2D eigenvalue weighted by molar-refractivity contribution is -0.146. The van der Waals surface area contributed by atoms with Crippen molar-refractivity contribution in [3.05, 3.63) is 74.7 Å². The largest absolute Gasteiger partial charge is 0.497 e. The molecule has 1 heterocycles. The molecular weight excluding hydrogens is 454 g/mol. The van der Waals surface area contributed by atoms with Gasteiger partial charge >= 0.3 is 5.97 Å². The van der Waals surface area contributed by atoms with Gasteiger partial charge in [-0.2, -0.15) is 0 Å². The number of ether oxygens (including phenoxy) is 2. The molecular formula is C26H28ClN3O4. The van der Waals surface area contributed by atoms with Crippen molar-refractivity contribution in [2.75, 3.05) is 12.4 Å². The zero-order valence-electron chi connectivity index (χ0n) is 19.7. The minimum atomic E-state index is -0.412. The second-order valence-corrected chi connectivity index (χ2v) is 8.59. The Morgan fingerprint density at radius 1 is 1.24 bits per heavy atom. The summed E-state index contributed by atoms with van der Waals surface area (Å²) in [5.41, 5.74) is 3.61. The molecule has 0 amide bonds. The molecule has 4 rings (SSSR count). The van der Waals surface area contributed by atoms with Crippen LogP contribution in [0, 0.1) is 0 Å². The molecule has 2 aromatic carbocycles. The summed E-state index contributed by atoms with van der Waals surface area (Å²) in [5.74, 6) is 0.782. The van der Waals surface area contributed by atoms with Crippen molar-refractivity contribution in [3.8, 4) is 17.1 Å². The molecule has 2 atom stereocenters. The molecule has 34 heavy (non-hydrogen) atoms. The van der Waals surface area contributed by atoms with E-state index in [1.807, 2.05) is 44.2 Å². The standard InChI is InChI=1S/C26H28ClN3O4/c1-5-21-24(29-23-18-10-8-7-9-16(18)13-22(23)34-15(3)31)26(32)30(6-2)25(28-21)19-12-11-17(33-4)14-20(19)27/h7-12,14,22-23,29H,5-6,13H2,1-4H3/t22-,23+/m0/s1. The predicted octanol–water partition coefficient (Wildman–Crippen LogP) is 4.80. The average Bonchev–Trinajstić information content (AvgIpc) is 3.16. The lowest BCUT2D eigenvalue weighted by atomic mass is 10.1. The van der Waals surface area contributed by atoms with Gasteiger partial charge in [-0.25, -0.2) is 4.98 Å². The van der Waals surface area contributed by atoms with Crippen LogP contribution in [0.2, 0.25) is 5.02 Å². The van der Waals surface area contributed by atoms with Gasteiger partial charge in [0.15, 0.2) is 0 Å². The van der Waals surface area contributed by atoms with E-state index in [0.29, 0.717) is 52.9 Å². The second-order valence-electron chi connectivity index (χ2n) is 8.18. The molecule has 0 bridgehead atoms. The van der Waals surface area contributed by atoms with Crippen LogP contribution in [0.25, 0.3) is 11.4 Å². The van der Waals surface area contributed by atoms with Gasteiger partial charge in [0, 0.05) is 25.5 Å². The number of anilines is 1. The molecule has 8 heteroatoms. The second kappa shape index (κ2) is 9.89. The number of fused-ring (bicyclic) bond motifs is 1. The number of hydrogen-bond donors (Lipinski definition) is 1. The summed E-state index contributed by atoms with van der Waals surface area (Å²) in [6.45, 7) is 5.66. The van der Waals surface area contributed by atoms with E-state index in [4.69, 9.17) is 26.1 Å². The normalized spacial score (nSPS) is 16.7. The van der Waals surface area contributed by atoms with E-state index in [9.17, 15) is 9.59 Å². The molecule has 1 N–H and O–H groups in total. The summed E-state index contributed by atoms with van der Waals surface area (Å²) in [7, 11) is 1.57. The molecule has 0 saturated carbocycles. The number of esters is 1. The Balaban J connectivity index is 1.81. The van der Waals surface area contributed by atoms with Crippen LogP contribution >= 0.6 is 11.6 Å². The number of methoxy groups -OCH3 is 1. The van der Waals surface area contributed by atoms with Crippen molar-refractivity contribution >= 4 is 23.3 Å². The van der Waals surface area contributed by atoms with Crippen molar-refractivity contribution in [2.45, 2.75) is 52.3 Å². The summed E-state index contributed by atoms with van der Waals surface area (Å²) in [6, 6.07) is 12.9. The molecule has 0 unspecified atom stereocenters. The zero-order valence-corrected chi connectivity index (χ0v) is 20.5. The first-order chi connectivity index (χ1) is 16.4. The number of aromatic nitrogens is 2. The summed E-state index contributed by atoms with van der Waals surface area (Å²) < 4.78 is 12.5. The Labute approximate surface area is 203 Å². The van der Waals surface area contributed by atoms with Crippen LogP contribution in [-0.4, -0.2) is 28.7 Å². The highest BCUT2D eigenvalue weighted by molar-refractivity contribution is 6.33. The van der Waals surface area contributed by atoms with Gasteiger partial charge in [0.25, 0.3) is 5.56 Å². The fourth-order valence-corrected chi connectivity index (χ4v) is 4.77. The van der Waals surface area contributed by atoms with E-state index < -0.39 is 6.10 Å². The van der Waals surface area contributed by atoms with Crippen LogP contribution in [-0.2, 0) is 28.9 Å². The molecule has 0 radical (unpaired) electrons. The van der Waals surface area contributed by atoms with Gasteiger partial charge in [-0.15, -0.1) is 0 Å². The van der Waals surface area contributed by atoms with Crippen molar-refractivity contribution < 1.29 is 14.3 Å². The maximum absolute atomic E-state index is 13.7. The monoisotopic (exact) mass is 481 g/mol. The third-order valence-electron chi connectivity index (χ3n) is 6.11. The predicted molar refractivity (Wildman–Crippen MR) is 133 cm³/mol. The maximum atomic E-state index is 13.7. The Hall–Kier alpha value is -3.32. The van der Waals surface area contributed by atoms with E-state index >= 15 is 0 Å². The van der Waals surface area contributed by atoms with E-state index in [1.54, 1.807) is 23.8 Å². The SMILES string of the molecule is CCc1nc(-c2ccc(OC)cc2Cl)n(CC)c(=O)c1N[C@@H]1c2ccccc2C[C@@H]1OC(C)=O. The minimum Gasteiger partial charge on any atom is -0.497 e. The number of nitrogens with one attached hydrogen (secondary N) is 1. The Morgan fingerprint density at radius 2 is 2.00 bits per heavy atom. The highest BCUT2D eigenvalue weighted by Crippen LogP contribution is 2.37. The van der Waals surface area contributed by atoms with Gasteiger partial charge in [-0.3, -0.25) is 14.2 Å². The van der Waals surface area contributed by atoms with Crippen molar-refractivity contribution in [3.63, 3.8) is 0 Å². The number of aryl methyl sites for hydroxylation is 1. The van der Waals surface area contributed by atoms with Crippen molar-refractivity contribution in [1.29, 1.82) is 0 Å². The summed E-state index contributed by atoms with van der Waals surface area (Å²) in [6.07, 6.45) is 0.712. The third-order valence-corrected chi connectivity index (χ3v) is 6.43. The van der Waals surface area contributed by atoms with Gasteiger partial charge < -0.3 is 14.8 Å². The molecule has 1 aromatic heterocycles. The third kappa shape index (κ3) is 4.40. The topological polar surface area (TPSA) is 82.5 Å². The number of rotatable bonds is 7. The molecule has 3 aromatic rings. The van der Waals surface area contributed by atoms with Crippen molar-refractivity contribution in [1.82, 2.24) is 9.55 Å². The average molecular weight is 482 g/mol. The summed E-state index contributed by atoms with van der Waals surface area (Å²) in [5, 5.41) is 3.86. The van der Waals surface area contributed by atoms with Crippen molar-refractivity contribution in [2.24, 2.45) is 0 Å². The number of hydrogen-bond acceptors (Lipinski definition) is 6. The van der Waals surface area contributed by atoms with Crippen LogP contribution in [0.3, 0.4) is 0 Å². The smallest absolute Gasteiger partial charge is 0.302 e. The Morgan fingerprint density at radius 3 is 2.65 bits per heavy atom. The zero-order chi connectivity index (χ0) is 24.4. The molecule has 0 spiro atoms. The van der Waals surface area contributed by atoms with E-state index in [0.717, 1.165) is 11.1 Å². The number of carbonyl (C=O) groups is 1. The van der Waals surface area contributed by atoms with E-state index in [1.165, 1.54) is 6.92 Å². The van der Waals surface area contributed by atoms with E-state index in [-0.39, 0.29) is 17.6 Å². The van der Waals surface area contributed by atoms with Gasteiger partial charge in [0.2, 0.25) is 0 Å². The number of nitrogens with zero attached hydrogens (tertiary/aromatic N) is 2. The highest BCUT2D eigenvalue weighted by Gasteiger charge is 2.36. The van der Waals surface area contributed by atoms with Gasteiger partial charge in [0.05, 0.1) is 23.9 Å². The Kier molecular flexibility index (Phi) is 6.93. The molecule has 1 aliphatic rings. The first-order valence-corrected chi connectivity index (χ1v) is 11.7. The highest BCUT2D eigenvalue weighted by atomic mass is 35.5. The lowest BCUT2D eigenvalue weighted by Gasteiger charge is -2.24. The first kappa shape index (κ1) is 23.8. The van der Waals surface area contributed by atoms with Gasteiger partial charge in [-0.1, -0.05) is 42.8 Å². The molecule has 0 saturated heterocycles.